The number of aryl methyl sites for hydroxylation is 1. The van der Waals surface area contributed by atoms with E-state index in [1.165, 1.54) is 0 Å². The number of hydrogen-bond acceptors (Lipinski definition) is 4. The highest BCUT2D eigenvalue weighted by molar-refractivity contribution is 5.68. The van der Waals surface area contributed by atoms with Crippen LogP contribution >= 0.6 is 0 Å². The molecule has 0 radical (unpaired) electrons. The number of amides is 1. The fourth-order valence-electron chi connectivity index (χ4n) is 2.69. The topological polar surface area (TPSA) is 61.8 Å². The highest BCUT2D eigenvalue weighted by Gasteiger charge is 2.29. The van der Waals surface area contributed by atoms with Crippen molar-refractivity contribution in [2.75, 3.05) is 19.6 Å². The van der Waals surface area contributed by atoms with Gasteiger partial charge in [0.2, 0.25) is 0 Å². The molecule has 0 bridgehead atoms. The minimum absolute atomic E-state index is 0.196. The Balaban J connectivity index is 1.78. The molecule has 1 heterocycles. The first-order valence-corrected chi connectivity index (χ1v) is 8.20. The molecule has 2 rings (SSSR count). The van der Waals surface area contributed by atoms with Crippen LogP contribution in [-0.2, 0) is 4.74 Å². The number of likely N-dealkylation sites (tertiary alicyclic amines) is 1. The van der Waals surface area contributed by atoms with Gasteiger partial charge in [-0.2, -0.15) is 0 Å². The minimum atomic E-state index is -0.537. The lowest BCUT2D eigenvalue weighted by Gasteiger charge is -2.24. The zero-order valence-electron chi connectivity index (χ0n) is 14.5. The van der Waals surface area contributed by atoms with E-state index >= 15 is 0 Å². The van der Waals surface area contributed by atoms with E-state index in [1.807, 2.05) is 52.0 Å². The molecule has 1 amide bonds. The van der Waals surface area contributed by atoms with E-state index < -0.39 is 11.7 Å². The molecule has 128 valence electrons. The van der Waals surface area contributed by atoms with Crippen molar-refractivity contribution in [1.29, 1.82) is 0 Å². The predicted molar refractivity (Wildman–Crippen MR) is 90.4 cm³/mol. The quantitative estimate of drug-likeness (QED) is 0.895. The first kappa shape index (κ1) is 17.8. The molecular weight excluding hydrogens is 292 g/mol. The van der Waals surface area contributed by atoms with Gasteiger partial charge in [0.15, 0.2) is 0 Å². The molecule has 5 nitrogen and oxygen atoms in total. The second-order valence-electron chi connectivity index (χ2n) is 7.25. The van der Waals surface area contributed by atoms with E-state index in [-0.39, 0.29) is 12.1 Å². The van der Waals surface area contributed by atoms with Crippen molar-refractivity contribution < 1.29 is 14.6 Å². The lowest BCUT2D eigenvalue weighted by Crippen LogP contribution is -2.39. The second kappa shape index (κ2) is 7.32. The number of carbonyl (C=O) groups excluding carboxylic acids is 1. The number of carbonyl (C=O) groups is 1. The Morgan fingerprint density at radius 3 is 2.87 bits per heavy atom. The zero-order chi connectivity index (χ0) is 17.0. The number of benzene rings is 1. The molecule has 2 unspecified atom stereocenters. The van der Waals surface area contributed by atoms with E-state index in [0.717, 1.165) is 17.5 Å². The summed E-state index contributed by atoms with van der Waals surface area (Å²) in [5, 5.41) is 13.6. The average molecular weight is 320 g/mol. The van der Waals surface area contributed by atoms with Crippen molar-refractivity contribution >= 4 is 6.09 Å². The summed E-state index contributed by atoms with van der Waals surface area (Å²) in [6, 6.07) is 8.09. The van der Waals surface area contributed by atoms with Crippen molar-refractivity contribution in [3.8, 4) is 0 Å². The van der Waals surface area contributed by atoms with Crippen molar-refractivity contribution in [1.82, 2.24) is 10.2 Å². The predicted octanol–water partition coefficient (Wildman–Crippen LogP) is 2.63. The lowest BCUT2D eigenvalue weighted by atomic mass is 10.1. The van der Waals surface area contributed by atoms with Crippen molar-refractivity contribution in [2.45, 2.75) is 51.9 Å². The van der Waals surface area contributed by atoms with Gasteiger partial charge in [-0.3, -0.25) is 0 Å². The van der Waals surface area contributed by atoms with Crippen LogP contribution < -0.4 is 5.32 Å². The standard InChI is InChI=1S/C18H28N2O3/c1-13-6-5-7-14(10-13)16(21)11-19-15-8-9-20(12-15)17(22)23-18(2,3)4/h5-7,10,15-16,19,21H,8-9,11-12H2,1-4H3. The molecular formula is C18H28N2O3. The molecule has 1 aromatic carbocycles. The molecule has 0 spiro atoms. The van der Waals surface area contributed by atoms with Crippen LogP contribution in [0.25, 0.3) is 0 Å². The van der Waals surface area contributed by atoms with E-state index in [9.17, 15) is 9.90 Å². The SMILES string of the molecule is Cc1cccc(C(O)CNC2CCN(C(=O)OC(C)(C)C)C2)c1. The van der Waals surface area contributed by atoms with Gasteiger partial charge in [0.1, 0.15) is 5.60 Å². The first-order valence-electron chi connectivity index (χ1n) is 8.20. The van der Waals surface area contributed by atoms with Gasteiger partial charge in [-0.05, 0) is 39.7 Å². The molecule has 2 N–H and O–H groups in total. The maximum Gasteiger partial charge on any atom is 0.410 e. The third-order valence-electron chi connectivity index (χ3n) is 3.87. The van der Waals surface area contributed by atoms with Crippen molar-refractivity contribution in [3.63, 3.8) is 0 Å². The molecule has 1 aliphatic heterocycles. The highest BCUT2D eigenvalue weighted by atomic mass is 16.6. The van der Waals surface area contributed by atoms with E-state index in [2.05, 4.69) is 5.32 Å². The minimum Gasteiger partial charge on any atom is -0.444 e. The average Bonchev–Trinajstić information content (AvgIpc) is 2.92. The summed E-state index contributed by atoms with van der Waals surface area (Å²) in [5.41, 5.74) is 1.59. The zero-order valence-corrected chi connectivity index (χ0v) is 14.5. The van der Waals surface area contributed by atoms with Gasteiger partial charge in [-0.15, -0.1) is 0 Å². The van der Waals surface area contributed by atoms with E-state index in [0.29, 0.717) is 19.6 Å². The van der Waals surface area contributed by atoms with Crippen molar-refractivity contribution in [2.24, 2.45) is 0 Å². The van der Waals surface area contributed by atoms with Gasteiger partial charge in [0.25, 0.3) is 0 Å². The van der Waals surface area contributed by atoms with Crippen LogP contribution in [0.15, 0.2) is 24.3 Å². The lowest BCUT2D eigenvalue weighted by molar-refractivity contribution is 0.0290. The number of ether oxygens (including phenoxy) is 1. The second-order valence-corrected chi connectivity index (χ2v) is 7.25. The monoisotopic (exact) mass is 320 g/mol. The number of aliphatic hydroxyl groups excluding tert-OH is 1. The Kier molecular flexibility index (Phi) is 5.65. The Hall–Kier alpha value is -1.59. The summed E-state index contributed by atoms with van der Waals surface area (Å²) in [6.07, 6.45) is 0.0753. The third kappa shape index (κ3) is 5.52. The normalized spacial score (nSPS) is 19.7. The Labute approximate surface area is 138 Å². The van der Waals surface area contributed by atoms with Gasteiger partial charge in [-0.1, -0.05) is 29.8 Å². The van der Waals surface area contributed by atoms with Crippen LogP contribution in [0, 0.1) is 6.92 Å². The van der Waals surface area contributed by atoms with E-state index in [4.69, 9.17) is 4.74 Å². The van der Waals surface area contributed by atoms with Gasteiger partial charge in [0, 0.05) is 25.7 Å². The van der Waals surface area contributed by atoms with Gasteiger partial charge in [0.05, 0.1) is 6.10 Å². The first-order chi connectivity index (χ1) is 10.7. The van der Waals surface area contributed by atoms with Crippen LogP contribution in [0.3, 0.4) is 0 Å². The summed E-state index contributed by atoms with van der Waals surface area (Å²) in [6.45, 7) is 9.41. The van der Waals surface area contributed by atoms with Crippen LogP contribution in [0.1, 0.15) is 44.4 Å². The van der Waals surface area contributed by atoms with Gasteiger partial charge >= 0.3 is 6.09 Å². The molecule has 0 aliphatic carbocycles. The fourth-order valence-corrected chi connectivity index (χ4v) is 2.69. The van der Waals surface area contributed by atoms with Crippen LogP contribution in [0.2, 0.25) is 0 Å². The van der Waals surface area contributed by atoms with Crippen LogP contribution in [0.4, 0.5) is 4.79 Å². The number of nitrogens with zero attached hydrogens (tertiary/aromatic N) is 1. The third-order valence-corrected chi connectivity index (χ3v) is 3.87. The molecule has 5 heteroatoms. The number of aliphatic hydroxyl groups is 1. The highest BCUT2D eigenvalue weighted by Crippen LogP contribution is 2.17. The summed E-state index contributed by atoms with van der Waals surface area (Å²) < 4.78 is 5.39. The Morgan fingerprint density at radius 1 is 1.48 bits per heavy atom. The van der Waals surface area contributed by atoms with Gasteiger partial charge < -0.3 is 20.1 Å². The molecule has 1 saturated heterocycles. The molecule has 1 aliphatic rings. The maximum atomic E-state index is 12.0. The smallest absolute Gasteiger partial charge is 0.410 e. The van der Waals surface area contributed by atoms with Crippen LogP contribution in [-0.4, -0.2) is 47.4 Å². The summed E-state index contributed by atoms with van der Waals surface area (Å²) >= 11 is 0. The van der Waals surface area contributed by atoms with Gasteiger partial charge in [-0.25, -0.2) is 4.79 Å². The maximum absolute atomic E-state index is 12.0. The largest absolute Gasteiger partial charge is 0.444 e. The molecule has 1 fully saturated rings. The summed E-state index contributed by atoms with van der Waals surface area (Å²) in [7, 11) is 0. The summed E-state index contributed by atoms with van der Waals surface area (Å²) in [4.78, 5) is 13.8. The van der Waals surface area contributed by atoms with E-state index in [1.54, 1.807) is 4.90 Å². The van der Waals surface area contributed by atoms with Crippen LogP contribution in [0.5, 0.6) is 0 Å². The Morgan fingerprint density at radius 2 is 2.22 bits per heavy atom. The molecule has 1 aromatic rings. The number of nitrogens with one attached hydrogen (secondary N) is 1. The number of rotatable bonds is 4. The molecule has 0 aromatic heterocycles. The molecule has 2 atom stereocenters. The summed E-state index contributed by atoms with van der Waals surface area (Å²) in [5.74, 6) is 0. The van der Waals surface area contributed by atoms with Crippen molar-refractivity contribution in [3.05, 3.63) is 35.4 Å². The molecule has 0 saturated carbocycles. The molecule has 23 heavy (non-hydrogen) atoms. The fraction of sp³-hybridized carbons (Fsp3) is 0.611. The number of hydrogen-bond donors (Lipinski definition) is 2. The Bertz CT molecular complexity index is 539.